The summed E-state index contributed by atoms with van der Waals surface area (Å²) in [5.41, 5.74) is 1.15. The van der Waals surface area contributed by atoms with Crippen LogP contribution in [-0.4, -0.2) is 4.57 Å². The first-order valence-electron chi connectivity index (χ1n) is 5.29. The Morgan fingerprint density at radius 1 is 0.765 bits per heavy atom. The summed E-state index contributed by atoms with van der Waals surface area (Å²) < 4.78 is 28.9. The minimum absolute atomic E-state index is 0.300. The first kappa shape index (κ1) is 10.0. The quantitative estimate of drug-likeness (QED) is 0.596. The van der Waals surface area contributed by atoms with Crippen molar-refractivity contribution in [3.05, 3.63) is 66.4 Å². The fraction of sp³-hybridized carbons (Fsp3) is 0. The molecular weight excluding hydrogens is 220 g/mol. The molecular formula is C14H9F2N. The zero-order chi connectivity index (χ0) is 11.8. The van der Waals surface area contributed by atoms with Gasteiger partial charge in [-0.05, 0) is 24.3 Å². The predicted octanol–water partition coefficient (Wildman–Crippen LogP) is 3.91. The van der Waals surface area contributed by atoms with Crippen LogP contribution < -0.4 is 0 Å². The van der Waals surface area contributed by atoms with E-state index in [1.807, 2.05) is 6.07 Å². The van der Waals surface area contributed by atoms with Crippen LogP contribution in [0.15, 0.2) is 54.6 Å². The largest absolute Gasteiger partial charge is 0.284 e. The predicted molar refractivity (Wildman–Crippen MR) is 63.2 cm³/mol. The van der Waals surface area contributed by atoms with E-state index in [0.717, 1.165) is 0 Å². The standard InChI is InChI=1S/C14H9F2N/c15-13-11-8-4-5-9-12(11)17(14(13)16)10-6-2-1-3-7-10/h1-9H. The molecule has 0 bridgehead atoms. The molecule has 0 fully saturated rings. The van der Waals surface area contributed by atoms with Gasteiger partial charge in [0.25, 0.3) is 0 Å². The molecule has 3 rings (SSSR count). The van der Waals surface area contributed by atoms with Crippen molar-refractivity contribution < 1.29 is 8.78 Å². The van der Waals surface area contributed by atoms with Gasteiger partial charge in [0.1, 0.15) is 0 Å². The lowest BCUT2D eigenvalue weighted by molar-refractivity contribution is 0.480. The molecule has 0 aliphatic rings. The number of hydrogen-bond acceptors (Lipinski definition) is 0. The minimum Gasteiger partial charge on any atom is -0.284 e. The van der Waals surface area contributed by atoms with Crippen LogP contribution in [0.2, 0.25) is 0 Å². The fourth-order valence-corrected chi connectivity index (χ4v) is 2.00. The number of nitrogens with zero attached hydrogens (tertiary/aromatic N) is 1. The van der Waals surface area contributed by atoms with Gasteiger partial charge in [-0.3, -0.25) is 4.57 Å². The zero-order valence-electron chi connectivity index (χ0n) is 8.90. The van der Waals surface area contributed by atoms with E-state index < -0.39 is 11.8 Å². The summed E-state index contributed by atoms with van der Waals surface area (Å²) in [4.78, 5) is 0. The van der Waals surface area contributed by atoms with Gasteiger partial charge in [-0.1, -0.05) is 30.3 Å². The molecule has 1 nitrogen and oxygen atoms in total. The number of halogens is 2. The first-order valence-corrected chi connectivity index (χ1v) is 5.29. The van der Waals surface area contributed by atoms with E-state index in [4.69, 9.17) is 0 Å². The molecule has 0 unspecified atom stereocenters. The summed E-state index contributed by atoms with van der Waals surface area (Å²) in [6.07, 6.45) is 0. The van der Waals surface area contributed by atoms with Crippen molar-refractivity contribution in [2.75, 3.05) is 0 Å². The lowest BCUT2D eigenvalue weighted by atomic mass is 10.2. The van der Waals surface area contributed by atoms with E-state index in [-0.39, 0.29) is 0 Å². The number of para-hydroxylation sites is 2. The summed E-state index contributed by atoms with van der Waals surface area (Å²) in [6, 6.07) is 15.7. The Kier molecular flexibility index (Phi) is 2.18. The molecule has 84 valence electrons. The van der Waals surface area contributed by atoms with Gasteiger partial charge >= 0.3 is 0 Å². The molecule has 0 N–H and O–H groups in total. The molecule has 0 aliphatic carbocycles. The number of hydrogen-bond donors (Lipinski definition) is 0. The molecule has 0 radical (unpaired) electrons. The Morgan fingerprint density at radius 2 is 1.41 bits per heavy atom. The van der Waals surface area contributed by atoms with Gasteiger partial charge in [0.05, 0.1) is 5.52 Å². The van der Waals surface area contributed by atoms with Crippen molar-refractivity contribution in [2.45, 2.75) is 0 Å². The van der Waals surface area contributed by atoms with Crippen molar-refractivity contribution in [3.63, 3.8) is 0 Å². The van der Waals surface area contributed by atoms with Gasteiger partial charge in [0.2, 0.25) is 5.95 Å². The number of benzene rings is 2. The third-order valence-corrected chi connectivity index (χ3v) is 2.77. The van der Waals surface area contributed by atoms with Gasteiger partial charge in [-0.2, -0.15) is 4.39 Å². The molecule has 0 saturated heterocycles. The third-order valence-electron chi connectivity index (χ3n) is 2.77. The minimum atomic E-state index is -0.850. The highest BCUT2D eigenvalue weighted by molar-refractivity contribution is 5.82. The molecule has 2 aromatic carbocycles. The lowest BCUT2D eigenvalue weighted by Gasteiger charge is -2.05. The van der Waals surface area contributed by atoms with E-state index in [2.05, 4.69) is 0 Å². The summed E-state index contributed by atoms with van der Waals surface area (Å²) in [5.74, 6) is -1.65. The lowest BCUT2D eigenvalue weighted by Crippen LogP contribution is -1.97. The second kappa shape index (κ2) is 3.70. The van der Waals surface area contributed by atoms with Crippen molar-refractivity contribution in [1.29, 1.82) is 0 Å². The number of aromatic nitrogens is 1. The second-order valence-corrected chi connectivity index (χ2v) is 3.79. The van der Waals surface area contributed by atoms with Crippen LogP contribution in [0, 0.1) is 11.8 Å². The van der Waals surface area contributed by atoms with E-state index in [1.165, 1.54) is 4.57 Å². The second-order valence-electron chi connectivity index (χ2n) is 3.79. The summed E-state index contributed by atoms with van der Waals surface area (Å²) in [6.45, 7) is 0. The van der Waals surface area contributed by atoms with Gasteiger partial charge in [0.15, 0.2) is 5.82 Å². The average Bonchev–Trinajstić information content (AvgIpc) is 2.64. The molecule has 3 aromatic rings. The van der Waals surface area contributed by atoms with Gasteiger partial charge in [-0.15, -0.1) is 0 Å². The Morgan fingerprint density at radius 3 is 2.18 bits per heavy atom. The molecule has 0 atom stereocenters. The van der Waals surface area contributed by atoms with Crippen molar-refractivity contribution in [2.24, 2.45) is 0 Å². The summed E-state index contributed by atoms with van der Waals surface area (Å²) >= 11 is 0. The van der Waals surface area contributed by atoms with Crippen molar-refractivity contribution in [3.8, 4) is 5.69 Å². The highest BCUT2D eigenvalue weighted by Gasteiger charge is 2.17. The van der Waals surface area contributed by atoms with Crippen LogP contribution >= 0.6 is 0 Å². The van der Waals surface area contributed by atoms with E-state index in [0.29, 0.717) is 16.6 Å². The maximum Gasteiger partial charge on any atom is 0.235 e. The molecule has 0 spiro atoms. The fourth-order valence-electron chi connectivity index (χ4n) is 2.00. The normalized spacial score (nSPS) is 10.9. The molecule has 0 aliphatic heterocycles. The van der Waals surface area contributed by atoms with Crippen LogP contribution in [0.1, 0.15) is 0 Å². The van der Waals surface area contributed by atoms with Crippen LogP contribution in [0.3, 0.4) is 0 Å². The number of fused-ring (bicyclic) bond motifs is 1. The third kappa shape index (κ3) is 1.43. The Labute approximate surface area is 96.9 Å². The molecule has 0 amide bonds. The van der Waals surface area contributed by atoms with Crippen LogP contribution in [0.25, 0.3) is 16.6 Å². The van der Waals surface area contributed by atoms with Crippen LogP contribution in [0.5, 0.6) is 0 Å². The Balaban J connectivity index is 2.41. The molecule has 1 heterocycles. The van der Waals surface area contributed by atoms with E-state index in [1.54, 1.807) is 48.5 Å². The summed E-state index contributed by atoms with van der Waals surface area (Å²) in [7, 11) is 0. The topological polar surface area (TPSA) is 4.93 Å². The monoisotopic (exact) mass is 229 g/mol. The maximum atomic E-state index is 13.9. The van der Waals surface area contributed by atoms with Crippen molar-refractivity contribution in [1.82, 2.24) is 4.57 Å². The number of rotatable bonds is 1. The smallest absolute Gasteiger partial charge is 0.235 e. The van der Waals surface area contributed by atoms with Crippen LogP contribution in [0.4, 0.5) is 8.78 Å². The highest BCUT2D eigenvalue weighted by atomic mass is 19.2. The van der Waals surface area contributed by atoms with E-state index >= 15 is 0 Å². The van der Waals surface area contributed by atoms with Gasteiger partial charge in [-0.25, -0.2) is 4.39 Å². The zero-order valence-corrected chi connectivity index (χ0v) is 8.90. The molecule has 17 heavy (non-hydrogen) atoms. The van der Waals surface area contributed by atoms with Gasteiger partial charge in [0, 0.05) is 11.1 Å². The first-order chi connectivity index (χ1) is 8.29. The van der Waals surface area contributed by atoms with E-state index in [9.17, 15) is 8.78 Å². The summed E-state index contributed by atoms with van der Waals surface area (Å²) in [5, 5.41) is 0.300. The highest BCUT2D eigenvalue weighted by Crippen LogP contribution is 2.26. The van der Waals surface area contributed by atoms with Crippen molar-refractivity contribution >= 4 is 10.9 Å². The maximum absolute atomic E-state index is 13.9. The average molecular weight is 229 g/mol. The SMILES string of the molecule is Fc1c(F)n(-c2ccccc2)c2ccccc12. The molecule has 0 saturated carbocycles. The Bertz CT molecular complexity index is 671. The Hall–Kier alpha value is -2.16. The van der Waals surface area contributed by atoms with Gasteiger partial charge < -0.3 is 0 Å². The molecule has 3 heteroatoms. The molecule has 1 aromatic heterocycles. The van der Waals surface area contributed by atoms with Crippen LogP contribution in [-0.2, 0) is 0 Å².